The van der Waals surface area contributed by atoms with Gasteiger partial charge in [-0.15, -0.1) is 0 Å². The standard InChI is InChI=1S/C20H31F3N4O/c1-3-9-27-10-7-18(8-11-27)26-19(24-2)25-13-16-5-4-6-17(12-16)14-28-15-20(21,22)23/h4-6,12,18H,3,7-11,13-15H2,1-2H3,(H2,24,25,26). The summed E-state index contributed by atoms with van der Waals surface area (Å²) in [5.41, 5.74) is 1.68. The van der Waals surface area contributed by atoms with Crippen LogP contribution in [0.15, 0.2) is 29.3 Å². The number of nitrogens with one attached hydrogen (secondary N) is 2. The number of nitrogens with zero attached hydrogens (tertiary/aromatic N) is 2. The largest absolute Gasteiger partial charge is 0.411 e. The lowest BCUT2D eigenvalue weighted by Gasteiger charge is -2.32. The lowest BCUT2D eigenvalue weighted by Crippen LogP contribution is -2.48. The van der Waals surface area contributed by atoms with Gasteiger partial charge in [0.15, 0.2) is 5.96 Å². The van der Waals surface area contributed by atoms with E-state index in [1.807, 2.05) is 18.2 Å². The first-order chi connectivity index (χ1) is 13.4. The van der Waals surface area contributed by atoms with Gasteiger partial charge in [-0.2, -0.15) is 13.2 Å². The van der Waals surface area contributed by atoms with Crippen LogP contribution >= 0.6 is 0 Å². The first kappa shape index (κ1) is 22.5. The van der Waals surface area contributed by atoms with Crippen molar-refractivity contribution in [3.63, 3.8) is 0 Å². The van der Waals surface area contributed by atoms with Crippen molar-refractivity contribution in [2.75, 3.05) is 33.3 Å². The van der Waals surface area contributed by atoms with E-state index in [2.05, 4.69) is 27.4 Å². The minimum absolute atomic E-state index is 0.0589. The molecule has 1 aromatic carbocycles. The van der Waals surface area contributed by atoms with Gasteiger partial charge in [0.1, 0.15) is 6.61 Å². The highest BCUT2D eigenvalue weighted by Gasteiger charge is 2.27. The number of guanidine groups is 1. The Morgan fingerprint density at radius 3 is 2.61 bits per heavy atom. The van der Waals surface area contributed by atoms with Gasteiger partial charge in [-0.05, 0) is 36.9 Å². The molecule has 0 saturated carbocycles. The minimum Gasteiger partial charge on any atom is -0.367 e. The van der Waals surface area contributed by atoms with Crippen molar-refractivity contribution in [1.82, 2.24) is 15.5 Å². The molecule has 0 aromatic heterocycles. The molecule has 1 heterocycles. The third-order valence-electron chi connectivity index (χ3n) is 4.68. The van der Waals surface area contributed by atoms with Crippen LogP contribution in [-0.2, 0) is 17.9 Å². The topological polar surface area (TPSA) is 48.9 Å². The molecule has 1 saturated heterocycles. The summed E-state index contributed by atoms with van der Waals surface area (Å²) in [5.74, 6) is 0.743. The van der Waals surface area contributed by atoms with Crippen molar-refractivity contribution in [3.05, 3.63) is 35.4 Å². The second-order valence-corrected chi connectivity index (χ2v) is 7.11. The fraction of sp³-hybridized carbons (Fsp3) is 0.650. The maximum atomic E-state index is 12.2. The lowest BCUT2D eigenvalue weighted by atomic mass is 10.1. The summed E-state index contributed by atoms with van der Waals surface area (Å²) in [6.07, 6.45) is -0.939. The molecule has 0 spiro atoms. The molecule has 0 atom stereocenters. The molecule has 2 N–H and O–H groups in total. The SMILES string of the molecule is CCCN1CCC(NC(=NC)NCc2cccc(COCC(F)(F)F)c2)CC1. The first-order valence-corrected chi connectivity index (χ1v) is 9.81. The van der Waals surface area contributed by atoms with Crippen LogP contribution in [0, 0.1) is 0 Å². The van der Waals surface area contributed by atoms with Gasteiger partial charge >= 0.3 is 6.18 Å². The highest BCUT2D eigenvalue weighted by molar-refractivity contribution is 5.79. The van der Waals surface area contributed by atoms with E-state index in [-0.39, 0.29) is 6.61 Å². The Balaban J connectivity index is 1.76. The van der Waals surface area contributed by atoms with Gasteiger partial charge in [-0.25, -0.2) is 0 Å². The Morgan fingerprint density at radius 1 is 1.25 bits per heavy atom. The third-order valence-corrected chi connectivity index (χ3v) is 4.68. The molecule has 5 nitrogen and oxygen atoms in total. The zero-order valence-corrected chi connectivity index (χ0v) is 16.7. The third kappa shape index (κ3) is 8.48. The van der Waals surface area contributed by atoms with Crippen LogP contribution in [0.4, 0.5) is 13.2 Å². The van der Waals surface area contributed by atoms with E-state index >= 15 is 0 Å². The molecule has 1 fully saturated rings. The molecule has 0 aliphatic carbocycles. The highest BCUT2D eigenvalue weighted by atomic mass is 19.4. The Morgan fingerprint density at radius 2 is 1.96 bits per heavy atom. The second-order valence-electron chi connectivity index (χ2n) is 7.11. The summed E-state index contributed by atoms with van der Waals surface area (Å²) in [4.78, 5) is 6.77. The van der Waals surface area contributed by atoms with Crippen molar-refractivity contribution in [2.45, 2.75) is 51.6 Å². The van der Waals surface area contributed by atoms with Crippen molar-refractivity contribution in [2.24, 2.45) is 4.99 Å². The first-order valence-electron chi connectivity index (χ1n) is 9.81. The predicted octanol–water partition coefficient (Wildman–Crippen LogP) is 3.30. The van der Waals surface area contributed by atoms with E-state index in [1.165, 1.54) is 6.42 Å². The minimum atomic E-state index is -4.30. The van der Waals surface area contributed by atoms with E-state index < -0.39 is 12.8 Å². The molecule has 158 valence electrons. The molecule has 1 aliphatic heterocycles. The number of halogens is 3. The van der Waals surface area contributed by atoms with Gasteiger partial charge in [0.2, 0.25) is 0 Å². The molecule has 8 heteroatoms. The molecule has 0 bridgehead atoms. The van der Waals surface area contributed by atoms with Crippen LogP contribution in [0.25, 0.3) is 0 Å². The van der Waals surface area contributed by atoms with Crippen LogP contribution in [0.3, 0.4) is 0 Å². The Bertz CT molecular complexity index is 614. The predicted molar refractivity (Wildman–Crippen MR) is 105 cm³/mol. The van der Waals surface area contributed by atoms with E-state index in [0.29, 0.717) is 12.6 Å². The summed E-state index contributed by atoms with van der Waals surface area (Å²) >= 11 is 0. The number of benzene rings is 1. The average Bonchev–Trinajstić information content (AvgIpc) is 2.66. The van der Waals surface area contributed by atoms with Gasteiger partial charge in [0.05, 0.1) is 6.61 Å². The zero-order chi connectivity index (χ0) is 20.4. The molecule has 0 unspecified atom stereocenters. The molecular formula is C20H31F3N4O. The van der Waals surface area contributed by atoms with Crippen molar-refractivity contribution >= 4 is 5.96 Å². The van der Waals surface area contributed by atoms with E-state index in [9.17, 15) is 13.2 Å². The highest BCUT2D eigenvalue weighted by Crippen LogP contribution is 2.16. The maximum absolute atomic E-state index is 12.2. The number of piperidine rings is 1. The quantitative estimate of drug-likeness (QED) is 0.519. The van der Waals surface area contributed by atoms with Gasteiger partial charge in [-0.3, -0.25) is 4.99 Å². The summed E-state index contributed by atoms with van der Waals surface area (Å²) < 4.78 is 41.3. The fourth-order valence-corrected chi connectivity index (χ4v) is 3.30. The molecular weight excluding hydrogens is 369 g/mol. The van der Waals surface area contributed by atoms with Crippen LogP contribution < -0.4 is 10.6 Å². The maximum Gasteiger partial charge on any atom is 0.411 e. The van der Waals surface area contributed by atoms with Gasteiger partial charge in [0.25, 0.3) is 0 Å². The fourth-order valence-electron chi connectivity index (χ4n) is 3.30. The number of alkyl halides is 3. The molecule has 1 aliphatic rings. The van der Waals surface area contributed by atoms with Crippen LogP contribution in [0.1, 0.15) is 37.3 Å². The number of rotatable bonds is 8. The summed E-state index contributed by atoms with van der Waals surface area (Å²) in [6, 6.07) is 7.76. The van der Waals surface area contributed by atoms with E-state index in [0.717, 1.165) is 49.6 Å². The second kappa shape index (κ2) is 11.3. The Labute approximate surface area is 165 Å². The van der Waals surface area contributed by atoms with Crippen molar-refractivity contribution < 1.29 is 17.9 Å². The van der Waals surface area contributed by atoms with Crippen molar-refractivity contribution in [3.8, 4) is 0 Å². The zero-order valence-electron chi connectivity index (χ0n) is 16.7. The Hall–Kier alpha value is -1.80. The molecule has 0 radical (unpaired) electrons. The smallest absolute Gasteiger partial charge is 0.367 e. The van der Waals surface area contributed by atoms with E-state index in [1.54, 1.807) is 13.1 Å². The summed E-state index contributed by atoms with van der Waals surface area (Å²) in [6.45, 7) is 4.81. The van der Waals surface area contributed by atoms with Gasteiger partial charge in [-0.1, -0.05) is 31.2 Å². The normalized spacial score (nSPS) is 17.0. The summed E-state index contributed by atoms with van der Waals surface area (Å²) in [7, 11) is 1.74. The van der Waals surface area contributed by atoms with Crippen LogP contribution in [-0.4, -0.2) is 56.4 Å². The molecule has 2 rings (SSSR count). The number of hydrogen-bond donors (Lipinski definition) is 2. The number of ether oxygens (including phenoxy) is 1. The number of hydrogen-bond acceptors (Lipinski definition) is 3. The molecule has 0 amide bonds. The molecule has 1 aromatic rings. The number of aliphatic imine (C=N–C) groups is 1. The Kier molecular flexibility index (Phi) is 9.05. The van der Waals surface area contributed by atoms with Crippen LogP contribution in [0.5, 0.6) is 0 Å². The lowest BCUT2D eigenvalue weighted by molar-refractivity contribution is -0.176. The number of likely N-dealkylation sites (tertiary alicyclic amines) is 1. The van der Waals surface area contributed by atoms with Crippen LogP contribution in [0.2, 0.25) is 0 Å². The van der Waals surface area contributed by atoms with Gasteiger partial charge < -0.3 is 20.3 Å². The molecule has 28 heavy (non-hydrogen) atoms. The van der Waals surface area contributed by atoms with E-state index in [4.69, 9.17) is 4.74 Å². The monoisotopic (exact) mass is 400 g/mol. The summed E-state index contributed by atoms with van der Waals surface area (Å²) in [5, 5.41) is 6.75. The average molecular weight is 400 g/mol. The van der Waals surface area contributed by atoms with Crippen molar-refractivity contribution in [1.29, 1.82) is 0 Å². The van der Waals surface area contributed by atoms with Gasteiger partial charge in [0, 0.05) is 32.7 Å².